The summed E-state index contributed by atoms with van der Waals surface area (Å²) in [6, 6.07) is 4.70. The van der Waals surface area contributed by atoms with Crippen molar-refractivity contribution in [1.29, 1.82) is 0 Å². The molecule has 1 aliphatic heterocycles. The van der Waals surface area contributed by atoms with E-state index in [9.17, 15) is 9.18 Å². The quantitative estimate of drug-likeness (QED) is 0.872. The van der Waals surface area contributed by atoms with Crippen LogP contribution in [0.2, 0.25) is 0 Å². The van der Waals surface area contributed by atoms with E-state index in [0.717, 1.165) is 6.54 Å². The first kappa shape index (κ1) is 14.0. The van der Waals surface area contributed by atoms with Crippen LogP contribution in [0.15, 0.2) is 18.2 Å². The second-order valence-corrected chi connectivity index (χ2v) is 4.71. The van der Waals surface area contributed by atoms with Gasteiger partial charge in [-0.15, -0.1) is 0 Å². The Kier molecular flexibility index (Phi) is 4.50. The lowest BCUT2D eigenvalue weighted by atomic mass is 10.0. The summed E-state index contributed by atoms with van der Waals surface area (Å²) in [4.78, 5) is 12.2. The van der Waals surface area contributed by atoms with Crippen LogP contribution in [0, 0.1) is 18.7 Å². The number of nitrogens with one attached hydrogen (secondary N) is 2. The van der Waals surface area contributed by atoms with E-state index in [-0.39, 0.29) is 23.7 Å². The Labute approximate surface area is 112 Å². The minimum Gasteiger partial charge on any atom is -0.379 e. The molecule has 104 valence electrons. The van der Waals surface area contributed by atoms with Crippen LogP contribution in [0.1, 0.15) is 12.5 Å². The SMILES string of the molecule is CCNC1COCC1C(=O)Nc1cccc(F)c1C. The van der Waals surface area contributed by atoms with Gasteiger partial charge in [-0.25, -0.2) is 4.39 Å². The standard InChI is InChI=1S/C14H19FN2O2/c1-3-16-13-8-19-7-10(13)14(18)17-12-6-4-5-11(15)9(12)2/h4-6,10,13,16H,3,7-8H2,1-2H3,(H,17,18). The Hall–Kier alpha value is -1.46. The lowest BCUT2D eigenvalue weighted by molar-refractivity contribution is -0.120. The van der Waals surface area contributed by atoms with Crippen LogP contribution in [-0.4, -0.2) is 31.7 Å². The molecule has 0 radical (unpaired) electrons. The molecular formula is C14H19FN2O2. The molecule has 5 heteroatoms. The van der Waals surface area contributed by atoms with Crippen molar-refractivity contribution in [1.82, 2.24) is 5.32 Å². The van der Waals surface area contributed by atoms with E-state index in [1.807, 2.05) is 6.92 Å². The van der Waals surface area contributed by atoms with Gasteiger partial charge in [-0.3, -0.25) is 4.79 Å². The third-order valence-electron chi connectivity index (χ3n) is 3.41. The molecule has 4 nitrogen and oxygen atoms in total. The fraction of sp³-hybridized carbons (Fsp3) is 0.500. The highest BCUT2D eigenvalue weighted by Crippen LogP contribution is 2.20. The smallest absolute Gasteiger partial charge is 0.231 e. The van der Waals surface area contributed by atoms with Crippen LogP contribution < -0.4 is 10.6 Å². The molecule has 1 aromatic rings. The van der Waals surface area contributed by atoms with Crippen molar-refractivity contribution >= 4 is 11.6 Å². The van der Waals surface area contributed by atoms with E-state index in [0.29, 0.717) is 24.5 Å². The normalized spacial score (nSPS) is 22.5. The Morgan fingerprint density at radius 3 is 3.00 bits per heavy atom. The maximum absolute atomic E-state index is 13.4. The maximum Gasteiger partial charge on any atom is 0.231 e. The minimum atomic E-state index is -0.316. The van der Waals surface area contributed by atoms with Gasteiger partial charge in [0, 0.05) is 17.3 Å². The summed E-state index contributed by atoms with van der Waals surface area (Å²) < 4.78 is 18.8. The molecule has 0 aromatic heterocycles. The molecule has 0 bridgehead atoms. The Morgan fingerprint density at radius 1 is 1.47 bits per heavy atom. The fourth-order valence-corrected chi connectivity index (χ4v) is 2.24. The zero-order chi connectivity index (χ0) is 13.8. The first-order chi connectivity index (χ1) is 9.13. The van der Waals surface area contributed by atoms with Crippen LogP contribution in [0.25, 0.3) is 0 Å². The van der Waals surface area contributed by atoms with Crippen LogP contribution in [-0.2, 0) is 9.53 Å². The van der Waals surface area contributed by atoms with Gasteiger partial charge in [0.25, 0.3) is 0 Å². The van der Waals surface area contributed by atoms with Crippen molar-refractivity contribution in [3.8, 4) is 0 Å². The number of amides is 1. The van der Waals surface area contributed by atoms with E-state index in [1.165, 1.54) is 6.07 Å². The summed E-state index contributed by atoms with van der Waals surface area (Å²) in [7, 11) is 0. The van der Waals surface area contributed by atoms with Gasteiger partial charge in [-0.1, -0.05) is 13.0 Å². The first-order valence-corrected chi connectivity index (χ1v) is 6.50. The molecule has 19 heavy (non-hydrogen) atoms. The van der Waals surface area contributed by atoms with Gasteiger partial charge < -0.3 is 15.4 Å². The predicted molar refractivity (Wildman–Crippen MR) is 71.5 cm³/mol. The molecule has 1 aliphatic rings. The third-order valence-corrected chi connectivity index (χ3v) is 3.41. The van der Waals surface area contributed by atoms with Crippen molar-refractivity contribution in [2.45, 2.75) is 19.9 Å². The van der Waals surface area contributed by atoms with Crippen LogP contribution in [0.3, 0.4) is 0 Å². The number of halogens is 1. The van der Waals surface area contributed by atoms with Gasteiger partial charge in [-0.05, 0) is 25.6 Å². The molecule has 1 fully saturated rings. The lowest BCUT2D eigenvalue weighted by Crippen LogP contribution is -2.41. The second kappa shape index (κ2) is 6.12. The van der Waals surface area contributed by atoms with E-state index in [4.69, 9.17) is 4.74 Å². The van der Waals surface area contributed by atoms with Crippen molar-refractivity contribution < 1.29 is 13.9 Å². The summed E-state index contributed by atoms with van der Waals surface area (Å²) in [5.41, 5.74) is 0.974. The van der Waals surface area contributed by atoms with E-state index < -0.39 is 0 Å². The predicted octanol–water partition coefficient (Wildman–Crippen LogP) is 1.70. The van der Waals surface area contributed by atoms with E-state index in [2.05, 4.69) is 10.6 Å². The largest absolute Gasteiger partial charge is 0.379 e. The Morgan fingerprint density at radius 2 is 2.26 bits per heavy atom. The number of benzene rings is 1. The first-order valence-electron chi connectivity index (χ1n) is 6.50. The number of hydrogen-bond donors (Lipinski definition) is 2. The number of carbonyl (C=O) groups excluding carboxylic acids is 1. The van der Waals surface area contributed by atoms with Gasteiger partial charge in [0.1, 0.15) is 5.82 Å². The molecule has 1 saturated heterocycles. The van der Waals surface area contributed by atoms with Crippen LogP contribution >= 0.6 is 0 Å². The molecule has 1 heterocycles. The summed E-state index contributed by atoms with van der Waals surface area (Å²) >= 11 is 0. The van der Waals surface area contributed by atoms with Crippen molar-refractivity contribution in [3.05, 3.63) is 29.6 Å². The molecule has 1 amide bonds. The van der Waals surface area contributed by atoms with E-state index in [1.54, 1.807) is 19.1 Å². The molecule has 0 saturated carbocycles. The van der Waals surface area contributed by atoms with Crippen molar-refractivity contribution in [2.24, 2.45) is 5.92 Å². The number of ether oxygens (including phenoxy) is 1. The summed E-state index contributed by atoms with van der Waals surface area (Å²) in [5, 5.41) is 6.01. The molecule has 0 aliphatic carbocycles. The number of anilines is 1. The van der Waals surface area contributed by atoms with E-state index >= 15 is 0 Å². The molecule has 1 aromatic carbocycles. The zero-order valence-electron chi connectivity index (χ0n) is 11.2. The number of carbonyl (C=O) groups is 1. The highest BCUT2D eigenvalue weighted by Gasteiger charge is 2.33. The molecule has 2 rings (SSSR count). The fourth-order valence-electron chi connectivity index (χ4n) is 2.24. The number of hydrogen-bond acceptors (Lipinski definition) is 3. The maximum atomic E-state index is 13.4. The Bertz CT molecular complexity index is 465. The summed E-state index contributed by atoms with van der Waals surface area (Å²) in [5.74, 6) is -0.677. The van der Waals surface area contributed by atoms with Crippen LogP contribution in [0.4, 0.5) is 10.1 Å². The van der Waals surface area contributed by atoms with Gasteiger partial charge in [0.05, 0.1) is 19.1 Å². The third kappa shape index (κ3) is 3.11. The van der Waals surface area contributed by atoms with Gasteiger partial charge in [0.15, 0.2) is 0 Å². The minimum absolute atomic E-state index is 0.0267. The average Bonchev–Trinajstić information content (AvgIpc) is 2.84. The summed E-state index contributed by atoms with van der Waals surface area (Å²) in [6.07, 6.45) is 0. The van der Waals surface area contributed by atoms with Gasteiger partial charge in [-0.2, -0.15) is 0 Å². The molecule has 0 spiro atoms. The number of rotatable bonds is 4. The highest BCUT2D eigenvalue weighted by molar-refractivity contribution is 5.94. The topological polar surface area (TPSA) is 50.4 Å². The van der Waals surface area contributed by atoms with Crippen molar-refractivity contribution in [3.63, 3.8) is 0 Å². The second-order valence-electron chi connectivity index (χ2n) is 4.71. The monoisotopic (exact) mass is 266 g/mol. The van der Waals surface area contributed by atoms with Crippen LogP contribution in [0.5, 0.6) is 0 Å². The zero-order valence-corrected chi connectivity index (χ0v) is 11.2. The molecule has 2 N–H and O–H groups in total. The summed E-state index contributed by atoms with van der Waals surface area (Å²) in [6.45, 7) is 5.37. The molecule has 2 unspecified atom stereocenters. The van der Waals surface area contributed by atoms with Crippen molar-refractivity contribution in [2.75, 3.05) is 25.1 Å². The van der Waals surface area contributed by atoms with Gasteiger partial charge >= 0.3 is 0 Å². The molecular weight excluding hydrogens is 247 g/mol. The average molecular weight is 266 g/mol. The Balaban J connectivity index is 2.06. The van der Waals surface area contributed by atoms with Gasteiger partial charge in [0.2, 0.25) is 5.91 Å². The number of likely N-dealkylation sites (N-methyl/N-ethyl adjacent to an activating group) is 1. The lowest BCUT2D eigenvalue weighted by Gasteiger charge is -2.18. The molecule has 2 atom stereocenters. The highest BCUT2D eigenvalue weighted by atomic mass is 19.1.